The van der Waals surface area contributed by atoms with Crippen LogP contribution in [0.25, 0.3) is 10.9 Å². The van der Waals surface area contributed by atoms with Gasteiger partial charge in [-0.25, -0.2) is 4.39 Å². The highest BCUT2D eigenvalue weighted by Gasteiger charge is 2.16. The third kappa shape index (κ3) is 2.85. The van der Waals surface area contributed by atoms with Crippen molar-refractivity contribution in [3.05, 3.63) is 59.5 Å². The Morgan fingerprint density at radius 1 is 1.08 bits per heavy atom. The molecule has 0 atom stereocenters. The van der Waals surface area contributed by atoms with Crippen LogP contribution in [0.3, 0.4) is 0 Å². The number of benzene rings is 2. The molecule has 0 saturated carbocycles. The molecule has 0 aliphatic heterocycles. The minimum absolute atomic E-state index is 0.0231. The highest BCUT2D eigenvalue weighted by Crippen LogP contribution is 2.35. The van der Waals surface area contributed by atoms with E-state index in [1.165, 1.54) is 19.1 Å². The second-order valence-electron chi connectivity index (χ2n) is 5.58. The first-order valence-electron chi connectivity index (χ1n) is 7.53. The summed E-state index contributed by atoms with van der Waals surface area (Å²) in [6.07, 6.45) is 1.81. The lowest BCUT2D eigenvalue weighted by atomic mass is 10.1. The minimum atomic E-state index is -0.271. The van der Waals surface area contributed by atoms with Crippen molar-refractivity contribution in [1.82, 2.24) is 4.57 Å². The van der Waals surface area contributed by atoms with Gasteiger partial charge in [0.25, 0.3) is 0 Å². The van der Waals surface area contributed by atoms with Crippen molar-refractivity contribution in [2.24, 2.45) is 0 Å². The van der Waals surface area contributed by atoms with Crippen LogP contribution in [0.2, 0.25) is 0 Å². The Kier molecular flexibility index (Phi) is 4.25. The Morgan fingerprint density at radius 3 is 2.29 bits per heavy atom. The van der Waals surface area contributed by atoms with E-state index in [9.17, 15) is 9.18 Å². The van der Waals surface area contributed by atoms with Gasteiger partial charge in [0.05, 0.1) is 19.7 Å². The topological polar surface area (TPSA) is 40.5 Å². The smallest absolute Gasteiger partial charge is 0.162 e. The fraction of sp³-hybridized carbons (Fsp3) is 0.211. The number of nitrogens with zero attached hydrogens (tertiary/aromatic N) is 1. The number of methoxy groups -OCH3 is 2. The first-order chi connectivity index (χ1) is 11.5. The molecule has 1 heterocycles. The van der Waals surface area contributed by atoms with Crippen LogP contribution in [0.4, 0.5) is 4.39 Å². The molecule has 24 heavy (non-hydrogen) atoms. The van der Waals surface area contributed by atoms with Crippen molar-refractivity contribution in [2.45, 2.75) is 13.5 Å². The van der Waals surface area contributed by atoms with Crippen LogP contribution in [0.15, 0.2) is 42.6 Å². The van der Waals surface area contributed by atoms with Crippen molar-refractivity contribution in [1.29, 1.82) is 0 Å². The molecule has 0 bridgehead atoms. The average molecular weight is 327 g/mol. The molecule has 5 heteroatoms. The summed E-state index contributed by atoms with van der Waals surface area (Å²) < 4.78 is 25.7. The average Bonchev–Trinajstić information content (AvgIpc) is 2.93. The second kappa shape index (κ2) is 6.35. The van der Waals surface area contributed by atoms with Crippen LogP contribution in [0.1, 0.15) is 22.8 Å². The zero-order valence-electron chi connectivity index (χ0n) is 13.8. The van der Waals surface area contributed by atoms with Gasteiger partial charge in [-0.2, -0.15) is 0 Å². The maximum absolute atomic E-state index is 13.1. The Labute approximate surface area is 139 Å². The lowest BCUT2D eigenvalue weighted by Gasteiger charge is -2.10. The van der Waals surface area contributed by atoms with Crippen LogP contribution < -0.4 is 9.47 Å². The van der Waals surface area contributed by atoms with E-state index in [0.29, 0.717) is 23.6 Å². The summed E-state index contributed by atoms with van der Waals surface area (Å²) >= 11 is 0. The molecule has 0 aliphatic carbocycles. The van der Waals surface area contributed by atoms with Gasteiger partial charge in [0.15, 0.2) is 17.3 Å². The Bertz CT molecular complexity index is 897. The van der Waals surface area contributed by atoms with Crippen LogP contribution in [0, 0.1) is 5.82 Å². The van der Waals surface area contributed by atoms with Crippen LogP contribution in [-0.4, -0.2) is 24.6 Å². The number of halogens is 1. The van der Waals surface area contributed by atoms with E-state index >= 15 is 0 Å². The quantitative estimate of drug-likeness (QED) is 0.664. The van der Waals surface area contributed by atoms with Gasteiger partial charge >= 0.3 is 0 Å². The summed E-state index contributed by atoms with van der Waals surface area (Å²) in [5.41, 5.74) is 2.42. The minimum Gasteiger partial charge on any atom is -0.493 e. The predicted octanol–water partition coefficient (Wildman–Crippen LogP) is 4.05. The van der Waals surface area contributed by atoms with Gasteiger partial charge in [-0.05, 0) is 30.7 Å². The van der Waals surface area contributed by atoms with E-state index in [0.717, 1.165) is 16.5 Å². The molecular weight excluding hydrogens is 309 g/mol. The van der Waals surface area contributed by atoms with E-state index in [2.05, 4.69) is 0 Å². The van der Waals surface area contributed by atoms with Crippen LogP contribution in [-0.2, 0) is 6.54 Å². The first kappa shape index (κ1) is 16.1. The van der Waals surface area contributed by atoms with E-state index in [1.807, 2.05) is 22.9 Å². The standard InChI is InChI=1S/C19H18FNO3/c1-12(22)16-11-21(10-13-4-6-14(20)7-5-13)17-9-19(24-3)18(23-2)8-15(16)17/h4-9,11H,10H2,1-3H3. The summed E-state index contributed by atoms with van der Waals surface area (Å²) in [5, 5.41) is 0.808. The SMILES string of the molecule is COc1cc2c(C(C)=O)cn(Cc3ccc(F)cc3)c2cc1OC. The molecule has 4 nitrogen and oxygen atoms in total. The zero-order valence-corrected chi connectivity index (χ0v) is 13.8. The monoisotopic (exact) mass is 327 g/mol. The fourth-order valence-corrected chi connectivity index (χ4v) is 2.81. The van der Waals surface area contributed by atoms with Crippen LogP contribution >= 0.6 is 0 Å². The number of ether oxygens (including phenoxy) is 2. The summed E-state index contributed by atoms with van der Waals surface area (Å²) in [6, 6.07) is 9.98. The molecule has 3 rings (SSSR count). The summed E-state index contributed by atoms with van der Waals surface area (Å²) in [4.78, 5) is 12.0. The molecule has 0 spiro atoms. The lowest BCUT2D eigenvalue weighted by Crippen LogP contribution is -1.99. The molecule has 0 unspecified atom stereocenters. The van der Waals surface area contributed by atoms with Crippen molar-refractivity contribution >= 4 is 16.7 Å². The van der Waals surface area contributed by atoms with Crippen LogP contribution in [0.5, 0.6) is 11.5 Å². The summed E-state index contributed by atoms with van der Waals surface area (Å²) in [7, 11) is 3.13. The first-order valence-corrected chi connectivity index (χ1v) is 7.53. The molecule has 0 amide bonds. The van der Waals surface area contributed by atoms with Gasteiger partial charge in [-0.1, -0.05) is 12.1 Å². The number of fused-ring (bicyclic) bond motifs is 1. The number of Topliss-reactive ketones (excluding diaryl/α,β-unsaturated/α-hetero) is 1. The molecule has 0 saturated heterocycles. The van der Waals surface area contributed by atoms with E-state index in [4.69, 9.17) is 9.47 Å². The molecule has 0 fully saturated rings. The molecule has 1 aromatic heterocycles. The van der Waals surface area contributed by atoms with Crippen molar-refractivity contribution < 1.29 is 18.7 Å². The van der Waals surface area contributed by atoms with Gasteiger partial charge in [-0.3, -0.25) is 4.79 Å². The highest BCUT2D eigenvalue weighted by molar-refractivity contribution is 6.07. The lowest BCUT2D eigenvalue weighted by molar-refractivity contribution is 0.101. The summed E-state index contributed by atoms with van der Waals surface area (Å²) in [6.45, 7) is 2.06. The van der Waals surface area contributed by atoms with Gasteiger partial charge in [0.2, 0.25) is 0 Å². The molecule has 0 N–H and O–H groups in total. The van der Waals surface area contributed by atoms with Gasteiger partial charge in [0, 0.05) is 29.8 Å². The molecular formula is C19H18FNO3. The molecule has 0 aliphatic rings. The van der Waals surface area contributed by atoms with Gasteiger partial charge in [0.1, 0.15) is 5.82 Å². The number of carbonyl (C=O) groups excluding carboxylic acids is 1. The number of rotatable bonds is 5. The maximum atomic E-state index is 13.1. The third-order valence-electron chi connectivity index (χ3n) is 4.03. The van der Waals surface area contributed by atoms with E-state index in [-0.39, 0.29) is 11.6 Å². The predicted molar refractivity (Wildman–Crippen MR) is 90.5 cm³/mol. The molecule has 0 radical (unpaired) electrons. The number of hydrogen-bond donors (Lipinski definition) is 0. The molecule has 3 aromatic rings. The Balaban J connectivity index is 2.16. The van der Waals surface area contributed by atoms with Crippen molar-refractivity contribution in [2.75, 3.05) is 14.2 Å². The number of hydrogen-bond acceptors (Lipinski definition) is 3. The summed E-state index contributed by atoms with van der Waals surface area (Å²) in [5.74, 6) is 0.877. The van der Waals surface area contributed by atoms with E-state index < -0.39 is 0 Å². The number of aromatic nitrogens is 1. The third-order valence-corrected chi connectivity index (χ3v) is 4.03. The normalized spacial score (nSPS) is 10.8. The Hall–Kier alpha value is -2.82. The van der Waals surface area contributed by atoms with Crippen molar-refractivity contribution in [3.8, 4) is 11.5 Å². The largest absolute Gasteiger partial charge is 0.493 e. The second-order valence-corrected chi connectivity index (χ2v) is 5.58. The zero-order chi connectivity index (χ0) is 17.3. The number of ketones is 1. The maximum Gasteiger partial charge on any atom is 0.162 e. The van der Waals surface area contributed by atoms with Gasteiger partial charge < -0.3 is 14.0 Å². The fourth-order valence-electron chi connectivity index (χ4n) is 2.81. The number of carbonyl (C=O) groups is 1. The highest BCUT2D eigenvalue weighted by atomic mass is 19.1. The Morgan fingerprint density at radius 2 is 1.71 bits per heavy atom. The van der Waals surface area contributed by atoms with Crippen molar-refractivity contribution in [3.63, 3.8) is 0 Å². The molecule has 2 aromatic carbocycles. The molecule has 124 valence electrons. The van der Waals surface area contributed by atoms with E-state index in [1.54, 1.807) is 26.4 Å². The van der Waals surface area contributed by atoms with Gasteiger partial charge in [-0.15, -0.1) is 0 Å².